The van der Waals surface area contributed by atoms with Crippen LogP contribution in [-0.4, -0.2) is 62.9 Å². The molecule has 1 aliphatic rings. The minimum absolute atomic E-state index is 0. The van der Waals surface area contributed by atoms with Gasteiger partial charge in [-0.15, -0.1) is 35.7 Å². The van der Waals surface area contributed by atoms with Crippen LogP contribution < -0.4 is 10.6 Å². The molecule has 154 valence electrons. The lowest BCUT2D eigenvalue weighted by molar-refractivity contribution is 0.461. The number of sulfonamides is 1. The van der Waals surface area contributed by atoms with E-state index in [1.807, 2.05) is 17.8 Å². The summed E-state index contributed by atoms with van der Waals surface area (Å²) in [5.74, 6) is 0.910. The molecule has 2 rings (SSSR count). The molecule has 0 aromatic heterocycles. The maximum Gasteiger partial charge on any atom is 0.213 e. The van der Waals surface area contributed by atoms with E-state index >= 15 is 0 Å². The van der Waals surface area contributed by atoms with E-state index in [0.29, 0.717) is 13.1 Å². The van der Waals surface area contributed by atoms with Crippen molar-refractivity contribution in [1.29, 1.82) is 0 Å². The van der Waals surface area contributed by atoms with Gasteiger partial charge in [0.2, 0.25) is 10.0 Å². The highest BCUT2D eigenvalue weighted by Gasteiger charge is 2.43. The predicted octanol–water partition coefficient (Wildman–Crippen LogP) is 2.77. The summed E-state index contributed by atoms with van der Waals surface area (Å²) < 4.78 is 25.1. The maximum atomic E-state index is 11.7. The number of nitrogens with one attached hydrogen (secondary N) is 2. The topological polar surface area (TPSA) is 73.8 Å². The van der Waals surface area contributed by atoms with Crippen LogP contribution in [0.3, 0.4) is 0 Å². The molecule has 2 N–H and O–H groups in total. The van der Waals surface area contributed by atoms with Gasteiger partial charge in [0.15, 0.2) is 5.96 Å². The molecule has 1 aromatic rings. The van der Waals surface area contributed by atoms with Gasteiger partial charge in [-0.2, -0.15) is 0 Å². The minimum atomic E-state index is -3.10. The molecule has 0 bridgehead atoms. The van der Waals surface area contributed by atoms with Crippen LogP contribution >= 0.6 is 35.7 Å². The van der Waals surface area contributed by atoms with Crippen molar-refractivity contribution in [2.75, 3.05) is 39.5 Å². The molecule has 0 spiro atoms. The Morgan fingerprint density at radius 2 is 1.93 bits per heavy atom. The van der Waals surface area contributed by atoms with E-state index in [-0.39, 0.29) is 34.5 Å². The summed E-state index contributed by atoms with van der Waals surface area (Å²) in [4.78, 5) is 5.56. The molecule has 0 heterocycles. The van der Waals surface area contributed by atoms with E-state index in [9.17, 15) is 8.42 Å². The van der Waals surface area contributed by atoms with Gasteiger partial charge in [-0.3, -0.25) is 4.99 Å². The van der Waals surface area contributed by atoms with Crippen LogP contribution in [0.5, 0.6) is 0 Å². The molecule has 27 heavy (non-hydrogen) atoms. The first-order chi connectivity index (χ1) is 12.4. The Labute approximate surface area is 185 Å². The van der Waals surface area contributed by atoms with Crippen molar-refractivity contribution >= 4 is 51.7 Å². The van der Waals surface area contributed by atoms with E-state index < -0.39 is 10.0 Å². The summed E-state index contributed by atoms with van der Waals surface area (Å²) in [6, 6.07) is 10.5. The van der Waals surface area contributed by atoms with Crippen molar-refractivity contribution in [2.24, 2.45) is 4.99 Å². The van der Waals surface area contributed by atoms with Crippen LogP contribution in [0, 0.1) is 0 Å². The lowest BCUT2D eigenvalue weighted by Crippen LogP contribution is -2.42. The Morgan fingerprint density at radius 3 is 2.48 bits per heavy atom. The fourth-order valence-electron chi connectivity index (χ4n) is 2.53. The number of hydrogen-bond donors (Lipinski definition) is 2. The molecule has 0 atom stereocenters. The zero-order valence-corrected chi connectivity index (χ0v) is 20.2. The fraction of sp³-hybridized carbons (Fsp3) is 0.611. The normalized spacial score (nSPS) is 15.9. The number of guanidine groups is 1. The van der Waals surface area contributed by atoms with E-state index in [2.05, 4.69) is 39.9 Å². The van der Waals surface area contributed by atoms with Crippen LogP contribution in [0.25, 0.3) is 0 Å². The molecule has 1 fully saturated rings. The summed E-state index contributed by atoms with van der Waals surface area (Å²) in [6.07, 6.45) is 3.15. The van der Waals surface area contributed by atoms with Gasteiger partial charge < -0.3 is 10.6 Å². The Balaban J connectivity index is 0.00000364. The number of halogens is 1. The molecule has 1 aromatic carbocycles. The van der Waals surface area contributed by atoms with E-state index in [1.54, 1.807) is 21.0 Å². The van der Waals surface area contributed by atoms with Crippen molar-refractivity contribution < 1.29 is 8.42 Å². The van der Waals surface area contributed by atoms with Crippen LogP contribution in [0.4, 0.5) is 0 Å². The number of rotatable bonds is 10. The molecular formula is C18H31IN4O2S2. The fourth-order valence-corrected chi connectivity index (χ4v) is 4.62. The summed E-state index contributed by atoms with van der Waals surface area (Å²) in [5.41, 5.74) is 0. The van der Waals surface area contributed by atoms with Crippen molar-refractivity contribution in [3.63, 3.8) is 0 Å². The Kier molecular flexibility index (Phi) is 10.4. The number of thioether (sulfide) groups is 1. The van der Waals surface area contributed by atoms with E-state index in [4.69, 9.17) is 0 Å². The van der Waals surface area contributed by atoms with Gasteiger partial charge in [-0.25, -0.2) is 12.7 Å². The molecular weight excluding hydrogens is 495 g/mol. The molecule has 1 saturated carbocycles. The molecule has 1 aliphatic carbocycles. The Hall–Kier alpha value is -0.520. The second kappa shape index (κ2) is 11.5. The van der Waals surface area contributed by atoms with Crippen LogP contribution in [0.1, 0.15) is 26.2 Å². The van der Waals surface area contributed by atoms with Gasteiger partial charge >= 0.3 is 0 Å². The zero-order chi connectivity index (χ0) is 19.0. The summed E-state index contributed by atoms with van der Waals surface area (Å²) in [6.45, 7) is 3.73. The van der Waals surface area contributed by atoms with Crippen LogP contribution in [-0.2, 0) is 10.0 Å². The average molecular weight is 527 g/mol. The van der Waals surface area contributed by atoms with Gasteiger partial charge in [0, 0.05) is 43.4 Å². The summed E-state index contributed by atoms with van der Waals surface area (Å²) >= 11 is 1.93. The first-order valence-electron chi connectivity index (χ1n) is 9.03. The van der Waals surface area contributed by atoms with Gasteiger partial charge in [0.25, 0.3) is 0 Å². The lowest BCUT2D eigenvalue weighted by Gasteiger charge is -2.19. The highest BCUT2D eigenvalue weighted by molar-refractivity contribution is 14.0. The van der Waals surface area contributed by atoms with Crippen LogP contribution in [0.15, 0.2) is 40.2 Å². The third kappa shape index (κ3) is 8.16. The third-order valence-electron chi connectivity index (χ3n) is 4.47. The lowest BCUT2D eigenvalue weighted by atomic mass is 10.4. The van der Waals surface area contributed by atoms with Gasteiger partial charge in [0.1, 0.15) is 0 Å². The summed E-state index contributed by atoms with van der Waals surface area (Å²) in [5, 5.41) is 6.67. The Morgan fingerprint density at radius 1 is 1.26 bits per heavy atom. The van der Waals surface area contributed by atoms with E-state index in [1.165, 1.54) is 22.0 Å². The van der Waals surface area contributed by atoms with Gasteiger partial charge in [0.05, 0.1) is 5.75 Å². The largest absolute Gasteiger partial charge is 0.356 e. The molecule has 0 saturated heterocycles. The first kappa shape index (κ1) is 24.5. The molecule has 0 amide bonds. The highest BCUT2D eigenvalue weighted by atomic mass is 127. The molecule has 9 heteroatoms. The van der Waals surface area contributed by atoms with Crippen LogP contribution in [0.2, 0.25) is 0 Å². The van der Waals surface area contributed by atoms with Crippen molar-refractivity contribution in [1.82, 2.24) is 14.9 Å². The second-order valence-electron chi connectivity index (χ2n) is 6.53. The number of aliphatic imine (C=N–C) groups is 1. The number of hydrogen-bond acceptors (Lipinski definition) is 4. The number of benzene rings is 1. The molecule has 6 nitrogen and oxygen atoms in total. The minimum Gasteiger partial charge on any atom is -0.356 e. The zero-order valence-electron chi connectivity index (χ0n) is 16.3. The van der Waals surface area contributed by atoms with Gasteiger partial charge in [-0.05, 0) is 38.3 Å². The maximum absolute atomic E-state index is 11.7. The quantitative estimate of drug-likeness (QED) is 0.212. The molecule has 0 unspecified atom stereocenters. The second-order valence-corrected chi connectivity index (χ2v) is 10.4. The van der Waals surface area contributed by atoms with E-state index in [0.717, 1.165) is 18.9 Å². The van der Waals surface area contributed by atoms with Gasteiger partial charge in [-0.1, -0.05) is 18.2 Å². The van der Waals surface area contributed by atoms with Crippen molar-refractivity contribution in [2.45, 2.75) is 35.8 Å². The smallest absolute Gasteiger partial charge is 0.213 e. The third-order valence-corrected chi connectivity index (χ3v) is 7.82. The highest BCUT2D eigenvalue weighted by Crippen LogP contribution is 2.51. The monoisotopic (exact) mass is 526 g/mol. The first-order valence-corrected chi connectivity index (χ1v) is 11.5. The SMILES string of the molecule is CCS(=O)(=O)N(C)CCCNC(=NC)NCC1(Sc2ccccc2)CC1.I. The molecule has 0 aliphatic heterocycles. The summed E-state index contributed by atoms with van der Waals surface area (Å²) in [7, 11) is 0.287. The molecule has 0 radical (unpaired) electrons. The Bertz CT molecular complexity index is 695. The predicted molar refractivity (Wildman–Crippen MR) is 126 cm³/mol. The average Bonchev–Trinajstić information content (AvgIpc) is 3.41. The number of nitrogens with zero attached hydrogens (tertiary/aromatic N) is 2. The van der Waals surface area contributed by atoms with Crippen molar-refractivity contribution in [3.05, 3.63) is 30.3 Å². The van der Waals surface area contributed by atoms with Crippen molar-refractivity contribution in [3.8, 4) is 0 Å². The standard InChI is InChI=1S/C18H30N4O2S2.HI/c1-4-26(23,24)22(3)14-8-13-20-17(19-2)21-15-18(11-12-18)25-16-9-6-5-7-10-16;/h5-7,9-10H,4,8,11-15H2,1-3H3,(H2,19,20,21);1H.